The van der Waals surface area contributed by atoms with Crippen LogP contribution in [-0.2, 0) is 0 Å². The smallest absolute Gasteiger partial charge is 0.123 e. The summed E-state index contributed by atoms with van der Waals surface area (Å²) >= 11 is 0. The summed E-state index contributed by atoms with van der Waals surface area (Å²) < 4.78 is 12.9. The number of aliphatic hydroxyl groups excluding tert-OH is 1. The van der Waals surface area contributed by atoms with Crippen molar-refractivity contribution in [1.82, 2.24) is 9.80 Å². The number of piperazine rings is 1. The highest BCUT2D eigenvalue weighted by atomic mass is 19.1. The van der Waals surface area contributed by atoms with E-state index >= 15 is 0 Å². The van der Waals surface area contributed by atoms with Crippen LogP contribution in [0.5, 0.6) is 0 Å². The lowest BCUT2D eigenvalue weighted by molar-refractivity contribution is 0.0651. The van der Waals surface area contributed by atoms with Crippen molar-refractivity contribution in [3.05, 3.63) is 35.6 Å². The summed E-state index contributed by atoms with van der Waals surface area (Å²) in [4.78, 5) is 4.75. The molecule has 1 aliphatic heterocycles. The van der Waals surface area contributed by atoms with Crippen molar-refractivity contribution >= 4 is 0 Å². The third-order valence-electron chi connectivity index (χ3n) is 3.82. The minimum Gasteiger partial charge on any atom is -0.394 e. The zero-order chi connectivity index (χ0) is 13.7. The number of aliphatic hydroxyl groups is 1. The second-order valence-electron chi connectivity index (χ2n) is 5.13. The summed E-state index contributed by atoms with van der Waals surface area (Å²) in [5.41, 5.74) is 0.993. The van der Waals surface area contributed by atoms with Crippen molar-refractivity contribution in [2.24, 2.45) is 0 Å². The molecule has 0 saturated carbocycles. The second-order valence-corrected chi connectivity index (χ2v) is 5.13. The summed E-state index contributed by atoms with van der Waals surface area (Å²) in [7, 11) is 0. The van der Waals surface area contributed by atoms with Crippen LogP contribution in [0.1, 0.15) is 24.9 Å². The van der Waals surface area contributed by atoms with Crippen LogP contribution < -0.4 is 0 Å². The predicted octanol–water partition coefficient (Wildman–Crippen LogP) is 1.89. The van der Waals surface area contributed by atoms with Gasteiger partial charge in [0.1, 0.15) is 5.82 Å². The lowest BCUT2D eigenvalue weighted by atomic mass is 10.0. The number of nitrogens with zero attached hydrogens (tertiary/aromatic N) is 2. The van der Waals surface area contributed by atoms with E-state index in [-0.39, 0.29) is 18.5 Å². The highest BCUT2D eigenvalue weighted by Gasteiger charge is 2.24. The molecule has 3 nitrogen and oxygen atoms in total. The third-order valence-corrected chi connectivity index (χ3v) is 3.82. The Morgan fingerprint density at radius 3 is 2.32 bits per heavy atom. The molecule has 0 aliphatic carbocycles. The molecule has 1 aromatic rings. The number of benzene rings is 1. The average molecular weight is 266 g/mol. The van der Waals surface area contributed by atoms with Crippen molar-refractivity contribution < 1.29 is 9.50 Å². The largest absolute Gasteiger partial charge is 0.394 e. The van der Waals surface area contributed by atoms with Crippen molar-refractivity contribution in [2.45, 2.75) is 19.4 Å². The Bertz CT molecular complexity index is 374. The van der Waals surface area contributed by atoms with Crippen molar-refractivity contribution in [1.29, 1.82) is 0 Å². The summed E-state index contributed by atoms with van der Waals surface area (Å²) in [6.07, 6.45) is 1.18. The fourth-order valence-electron chi connectivity index (χ4n) is 2.73. The maximum Gasteiger partial charge on any atom is 0.123 e. The van der Waals surface area contributed by atoms with Gasteiger partial charge in [0.05, 0.1) is 12.6 Å². The monoisotopic (exact) mass is 266 g/mol. The lowest BCUT2D eigenvalue weighted by Crippen LogP contribution is -2.48. The van der Waals surface area contributed by atoms with Crippen molar-refractivity contribution in [3.63, 3.8) is 0 Å². The SMILES string of the molecule is CCCN1CCN(C(CO)c2ccc(F)cc2)CC1. The molecular weight excluding hydrogens is 243 g/mol. The van der Waals surface area contributed by atoms with Crippen LogP contribution in [0.4, 0.5) is 4.39 Å². The number of hydrogen-bond acceptors (Lipinski definition) is 3. The van der Waals surface area contributed by atoms with Crippen LogP contribution in [0.3, 0.4) is 0 Å². The average Bonchev–Trinajstić information content (AvgIpc) is 2.44. The molecule has 1 unspecified atom stereocenters. The van der Waals surface area contributed by atoms with E-state index in [1.165, 1.54) is 18.6 Å². The first kappa shape index (κ1) is 14.4. The maximum atomic E-state index is 12.9. The molecule has 1 aliphatic rings. The molecule has 0 radical (unpaired) electrons. The first-order valence-corrected chi connectivity index (χ1v) is 7.07. The molecule has 0 amide bonds. The van der Waals surface area contributed by atoms with Gasteiger partial charge in [-0.15, -0.1) is 0 Å². The van der Waals surface area contributed by atoms with Crippen molar-refractivity contribution in [2.75, 3.05) is 39.3 Å². The Hall–Kier alpha value is -0.970. The van der Waals surface area contributed by atoms with Gasteiger partial charge in [0.15, 0.2) is 0 Å². The number of rotatable bonds is 5. The molecule has 1 aromatic carbocycles. The zero-order valence-electron chi connectivity index (χ0n) is 11.6. The van der Waals surface area contributed by atoms with Gasteiger partial charge in [0.2, 0.25) is 0 Å². The van der Waals surface area contributed by atoms with Gasteiger partial charge in [0, 0.05) is 26.2 Å². The molecule has 0 aromatic heterocycles. The van der Waals surface area contributed by atoms with E-state index in [1.807, 2.05) is 0 Å². The van der Waals surface area contributed by atoms with E-state index in [9.17, 15) is 9.50 Å². The van der Waals surface area contributed by atoms with Crippen LogP contribution in [0.15, 0.2) is 24.3 Å². The first-order chi connectivity index (χ1) is 9.24. The molecule has 1 heterocycles. The predicted molar refractivity (Wildman–Crippen MR) is 74.5 cm³/mol. The van der Waals surface area contributed by atoms with E-state index < -0.39 is 0 Å². The van der Waals surface area contributed by atoms with Gasteiger partial charge in [-0.1, -0.05) is 19.1 Å². The van der Waals surface area contributed by atoms with E-state index in [2.05, 4.69) is 16.7 Å². The van der Waals surface area contributed by atoms with Gasteiger partial charge in [0.25, 0.3) is 0 Å². The van der Waals surface area contributed by atoms with Crippen LogP contribution in [0.2, 0.25) is 0 Å². The topological polar surface area (TPSA) is 26.7 Å². The highest BCUT2D eigenvalue weighted by Crippen LogP contribution is 2.22. The van der Waals surface area contributed by atoms with Crippen LogP contribution in [-0.4, -0.2) is 54.2 Å². The summed E-state index contributed by atoms with van der Waals surface area (Å²) in [5, 5.41) is 9.62. The standard InChI is InChI=1S/C15H23FN2O/c1-2-7-17-8-10-18(11-9-17)15(12-19)13-3-5-14(16)6-4-13/h3-6,15,19H,2,7-12H2,1H3. The molecule has 2 rings (SSSR count). The quantitative estimate of drug-likeness (QED) is 0.881. The van der Waals surface area contributed by atoms with Crippen LogP contribution in [0.25, 0.3) is 0 Å². The van der Waals surface area contributed by atoms with E-state index in [4.69, 9.17) is 0 Å². The van der Waals surface area contributed by atoms with E-state index in [0.29, 0.717) is 0 Å². The molecule has 0 spiro atoms. The normalized spacial score (nSPS) is 19.5. The first-order valence-electron chi connectivity index (χ1n) is 7.07. The van der Waals surface area contributed by atoms with Gasteiger partial charge in [-0.3, -0.25) is 4.90 Å². The van der Waals surface area contributed by atoms with Gasteiger partial charge in [-0.05, 0) is 30.7 Å². The fraction of sp³-hybridized carbons (Fsp3) is 0.600. The van der Waals surface area contributed by atoms with Crippen molar-refractivity contribution in [3.8, 4) is 0 Å². The molecule has 1 fully saturated rings. The van der Waals surface area contributed by atoms with E-state index in [0.717, 1.165) is 38.3 Å². The Labute approximate surface area is 114 Å². The molecule has 0 bridgehead atoms. The minimum atomic E-state index is -0.229. The second kappa shape index (κ2) is 6.98. The summed E-state index contributed by atoms with van der Waals surface area (Å²) in [5.74, 6) is -0.229. The third kappa shape index (κ3) is 3.75. The minimum absolute atomic E-state index is 0.00984. The van der Waals surface area contributed by atoms with Crippen LogP contribution in [0, 0.1) is 5.82 Å². The Morgan fingerprint density at radius 1 is 1.16 bits per heavy atom. The molecular formula is C15H23FN2O. The molecule has 1 atom stereocenters. The molecule has 4 heteroatoms. The summed E-state index contributed by atoms with van der Waals surface area (Å²) in [6.45, 7) is 7.44. The Balaban J connectivity index is 1.97. The summed E-state index contributed by atoms with van der Waals surface area (Å²) in [6, 6.07) is 6.46. The zero-order valence-corrected chi connectivity index (χ0v) is 11.6. The van der Waals surface area contributed by atoms with Gasteiger partial charge in [-0.2, -0.15) is 0 Å². The molecule has 1 N–H and O–H groups in total. The highest BCUT2D eigenvalue weighted by molar-refractivity contribution is 5.20. The van der Waals surface area contributed by atoms with Gasteiger partial charge < -0.3 is 10.0 Å². The van der Waals surface area contributed by atoms with Crippen LogP contribution >= 0.6 is 0 Å². The number of halogens is 1. The van der Waals surface area contributed by atoms with E-state index in [1.54, 1.807) is 12.1 Å². The fourth-order valence-corrected chi connectivity index (χ4v) is 2.73. The Kier molecular flexibility index (Phi) is 5.31. The molecule has 19 heavy (non-hydrogen) atoms. The molecule has 1 saturated heterocycles. The van der Waals surface area contributed by atoms with Gasteiger partial charge >= 0.3 is 0 Å². The number of hydrogen-bond donors (Lipinski definition) is 1. The van der Waals surface area contributed by atoms with Gasteiger partial charge in [-0.25, -0.2) is 4.39 Å². The molecule has 106 valence electrons. The Morgan fingerprint density at radius 2 is 1.79 bits per heavy atom. The maximum absolute atomic E-state index is 12.9. The lowest BCUT2D eigenvalue weighted by Gasteiger charge is -2.38.